The highest BCUT2D eigenvalue weighted by Gasteiger charge is 2.04. The van der Waals surface area contributed by atoms with E-state index in [0.29, 0.717) is 12.2 Å². The second-order valence-corrected chi connectivity index (χ2v) is 5.54. The average Bonchev–Trinajstić information content (AvgIpc) is 2.52. The molecule has 0 fully saturated rings. The Kier molecular flexibility index (Phi) is 5.69. The first kappa shape index (κ1) is 14.7. The van der Waals surface area contributed by atoms with Gasteiger partial charge in [-0.1, -0.05) is 30.3 Å². The molecule has 0 amide bonds. The van der Waals surface area contributed by atoms with Crippen LogP contribution in [0.4, 0.5) is 0 Å². The van der Waals surface area contributed by atoms with Crippen LogP contribution in [0.3, 0.4) is 0 Å². The Morgan fingerprint density at radius 1 is 1.05 bits per heavy atom. The van der Waals surface area contributed by atoms with Crippen molar-refractivity contribution in [2.24, 2.45) is 0 Å². The summed E-state index contributed by atoms with van der Waals surface area (Å²) in [5, 5.41) is 0. The zero-order valence-corrected chi connectivity index (χ0v) is 12.4. The molecule has 0 saturated carbocycles. The molecule has 20 heavy (non-hydrogen) atoms. The monoisotopic (exact) mass is 286 g/mol. The number of ether oxygens (including phenoxy) is 1. The number of benzene rings is 2. The molecule has 0 bridgehead atoms. The van der Waals surface area contributed by atoms with Crippen LogP contribution in [0.1, 0.15) is 12.0 Å². The second kappa shape index (κ2) is 7.75. The van der Waals surface area contributed by atoms with Crippen molar-refractivity contribution < 1.29 is 9.53 Å². The van der Waals surface area contributed by atoms with E-state index in [1.54, 1.807) is 18.9 Å². The van der Waals surface area contributed by atoms with Gasteiger partial charge < -0.3 is 4.74 Å². The topological polar surface area (TPSA) is 26.3 Å². The lowest BCUT2D eigenvalue weighted by molar-refractivity contribution is -0.116. The smallest absolute Gasteiger partial charge is 0.143 e. The number of hydrogen-bond acceptors (Lipinski definition) is 3. The summed E-state index contributed by atoms with van der Waals surface area (Å²) < 4.78 is 5.11. The summed E-state index contributed by atoms with van der Waals surface area (Å²) in [4.78, 5) is 13.0. The Labute approximate surface area is 124 Å². The molecule has 2 rings (SSSR count). The third kappa shape index (κ3) is 4.74. The van der Waals surface area contributed by atoms with Crippen molar-refractivity contribution in [2.75, 3.05) is 12.9 Å². The number of rotatable bonds is 7. The fourth-order valence-electron chi connectivity index (χ4n) is 1.83. The maximum atomic E-state index is 11.9. The van der Waals surface area contributed by atoms with Crippen LogP contribution in [0, 0.1) is 0 Å². The molecule has 0 atom stereocenters. The van der Waals surface area contributed by atoms with Gasteiger partial charge in [-0.25, -0.2) is 0 Å². The van der Waals surface area contributed by atoms with E-state index in [4.69, 9.17) is 4.74 Å². The molecule has 0 aromatic heterocycles. The molecule has 2 aromatic rings. The lowest BCUT2D eigenvalue weighted by Gasteiger charge is -2.04. The normalized spacial score (nSPS) is 10.2. The first-order chi connectivity index (χ1) is 9.78. The minimum absolute atomic E-state index is 0.287. The quantitative estimate of drug-likeness (QED) is 0.720. The van der Waals surface area contributed by atoms with Crippen LogP contribution in [0.25, 0.3) is 0 Å². The lowest BCUT2D eigenvalue weighted by atomic mass is 10.1. The molecule has 0 N–H and O–H groups in total. The number of carbonyl (C=O) groups excluding carboxylic acids is 1. The minimum atomic E-state index is 0.287. The Morgan fingerprint density at radius 2 is 1.75 bits per heavy atom. The molecule has 0 saturated heterocycles. The summed E-state index contributed by atoms with van der Waals surface area (Å²) in [5.74, 6) is 1.68. The van der Waals surface area contributed by atoms with Crippen molar-refractivity contribution >= 4 is 17.5 Å². The summed E-state index contributed by atoms with van der Waals surface area (Å²) >= 11 is 1.60. The zero-order valence-electron chi connectivity index (χ0n) is 11.5. The van der Waals surface area contributed by atoms with Gasteiger partial charge in [0.05, 0.1) is 12.9 Å². The highest BCUT2D eigenvalue weighted by atomic mass is 32.2. The van der Waals surface area contributed by atoms with E-state index in [1.807, 2.05) is 54.6 Å². The van der Waals surface area contributed by atoms with Gasteiger partial charge in [0.1, 0.15) is 11.5 Å². The third-order valence-corrected chi connectivity index (χ3v) is 4.07. The van der Waals surface area contributed by atoms with Crippen molar-refractivity contribution in [3.8, 4) is 5.75 Å². The van der Waals surface area contributed by atoms with Gasteiger partial charge in [0.2, 0.25) is 0 Å². The van der Waals surface area contributed by atoms with Crippen molar-refractivity contribution in [2.45, 2.75) is 17.7 Å². The summed E-state index contributed by atoms with van der Waals surface area (Å²) in [6.07, 6.45) is 1.38. The van der Waals surface area contributed by atoms with Gasteiger partial charge in [-0.2, -0.15) is 0 Å². The summed E-state index contributed by atoms with van der Waals surface area (Å²) in [7, 11) is 1.65. The van der Waals surface area contributed by atoms with Crippen molar-refractivity contribution in [1.82, 2.24) is 0 Å². The lowest BCUT2D eigenvalue weighted by Crippen LogP contribution is -2.03. The van der Waals surface area contributed by atoms with Crippen LogP contribution >= 0.6 is 11.8 Å². The van der Waals surface area contributed by atoms with E-state index in [1.165, 1.54) is 5.56 Å². The number of thioether (sulfide) groups is 1. The summed E-state index contributed by atoms with van der Waals surface area (Å²) in [5.41, 5.74) is 1.17. The molecular formula is C17H18O2S. The molecule has 0 radical (unpaired) electrons. The zero-order chi connectivity index (χ0) is 14.2. The molecule has 0 unspecified atom stereocenters. The Hall–Kier alpha value is -1.74. The average molecular weight is 286 g/mol. The van der Waals surface area contributed by atoms with E-state index >= 15 is 0 Å². The van der Waals surface area contributed by atoms with Gasteiger partial charge in [0, 0.05) is 11.3 Å². The fraction of sp³-hybridized carbons (Fsp3) is 0.235. The van der Waals surface area contributed by atoms with Crippen LogP contribution in [-0.2, 0) is 11.2 Å². The largest absolute Gasteiger partial charge is 0.497 e. The van der Waals surface area contributed by atoms with Crippen LogP contribution in [0.15, 0.2) is 59.5 Å². The number of hydrogen-bond donors (Lipinski definition) is 0. The van der Waals surface area contributed by atoms with Crippen LogP contribution in [-0.4, -0.2) is 18.6 Å². The molecule has 104 valence electrons. The molecule has 0 aliphatic rings. The minimum Gasteiger partial charge on any atom is -0.497 e. The van der Waals surface area contributed by atoms with Crippen molar-refractivity contribution in [3.05, 3.63) is 60.2 Å². The Balaban J connectivity index is 1.74. The van der Waals surface area contributed by atoms with Crippen LogP contribution < -0.4 is 4.74 Å². The molecule has 0 spiro atoms. The van der Waals surface area contributed by atoms with Crippen LogP contribution in [0.2, 0.25) is 0 Å². The number of carbonyl (C=O) groups is 1. The number of ketones is 1. The van der Waals surface area contributed by atoms with Crippen molar-refractivity contribution in [1.29, 1.82) is 0 Å². The maximum absolute atomic E-state index is 11.9. The van der Waals surface area contributed by atoms with E-state index in [0.717, 1.165) is 17.1 Å². The van der Waals surface area contributed by atoms with Gasteiger partial charge in [-0.15, -0.1) is 11.8 Å². The third-order valence-electron chi connectivity index (χ3n) is 2.99. The van der Waals surface area contributed by atoms with Gasteiger partial charge in [0.25, 0.3) is 0 Å². The Morgan fingerprint density at radius 3 is 2.40 bits per heavy atom. The summed E-state index contributed by atoms with van der Waals surface area (Å²) in [6, 6.07) is 17.9. The summed E-state index contributed by atoms with van der Waals surface area (Å²) in [6.45, 7) is 0. The highest BCUT2D eigenvalue weighted by Crippen LogP contribution is 2.18. The molecule has 0 aliphatic heterocycles. The molecule has 3 heteroatoms. The molecule has 2 aromatic carbocycles. The number of aryl methyl sites for hydroxylation is 1. The number of Topliss-reactive ketones (excluding diaryl/α,β-unsaturated/α-hetero) is 1. The molecule has 2 nitrogen and oxygen atoms in total. The molecule has 0 aliphatic carbocycles. The molecule has 0 heterocycles. The van der Waals surface area contributed by atoms with Gasteiger partial charge in [-0.05, 0) is 36.2 Å². The standard InChI is InChI=1S/C17H18O2S/c1-19-16-11-8-14(9-12-16)7-10-15(18)13-20-17-5-3-2-4-6-17/h2-6,8-9,11-12H,7,10,13H2,1H3. The predicted octanol–water partition coefficient (Wildman–Crippen LogP) is 3.99. The second-order valence-electron chi connectivity index (χ2n) is 4.49. The predicted molar refractivity (Wildman–Crippen MR) is 83.5 cm³/mol. The van der Waals surface area contributed by atoms with Gasteiger partial charge in [0.15, 0.2) is 0 Å². The first-order valence-corrected chi connectivity index (χ1v) is 7.59. The van der Waals surface area contributed by atoms with Crippen molar-refractivity contribution in [3.63, 3.8) is 0 Å². The van der Waals surface area contributed by atoms with E-state index in [-0.39, 0.29) is 5.78 Å². The maximum Gasteiger partial charge on any atom is 0.143 e. The van der Waals surface area contributed by atoms with Gasteiger partial charge >= 0.3 is 0 Å². The fourth-order valence-corrected chi connectivity index (χ4v) is 2.65. The highest BCUT2D eigenvalue weighted by molar-refractivity contribution is 8.00. The first-order valence-electron chi connectivity index (χ1n) is 6.60. The SMILES string of the molecule is COc1ccc(CCC(=O)CSc2ccccc2)cc1. The number of methoxy groups -OCH3 is 1. The van der Waals surface area contributed by atoms with E-state index in [2.05, 4.69) is 0 Å². The molecular weight excluding hydrogens is 268 g/mol. The van der Waals surface area contributed by atoms with E-state index in [9.17, 15) is 4.79 Å². The van der Waals surface area contributed by atoms with Gasteiger partial charge in [-0.3, -0.25) is 4.79 Å². The van der Waals surface area contributed by atoms with E-state index < -0.39 is 0 Å². The van der Waals surface area contributed by atoms with Crippen LogP contribution in [0.5, 0.6) is 5.75 Å². The Bertz CT molecular complexity index is 535.